The summed E-state index contributed by atoms with van der Waals surface area (Å²) in [6.07, 6.45) is 3.09. The lowest BCUT2D eigenvalue weighted by Gasteiger charge is -2.35. The van der Waals surface area contributed by atoms with Crippen molar-refractivity contribution in [2.24, 2.45) is 0 Å². The molecule has 0 spiro atoms. The second-order valence-electron chi connectivity index (χ2n) is 11.6. The maximum atomic E-state index is 12.7. The Hall–Kier alpha value is -3.43. The predicted octanol–water partition coefficient (Wildman–Crippen LogP) is 4.54. The predicted molar refractivity (Wildman–Crippen MR) is 146 cm³/mol. The van der Waals surface area contributed by atoms with Crippen molar-refractivity contribution in [1.29, 1.82) is 5.26 Å². The van der Waals surface area contributed by atoms with E-state index < -0.39 is 11.0 Å². The molecule has 3 aromatic heterocycles. The molecule has 204 valence electrons. The fraction of sp³-hybridized carbons (Fsp3) is 0.538. The molecule has 2 N–H and O–H groups in total. The fourth-order valence-corrected chi connectivity index (χ4v) is 7.39. The number of amides is 1. The van der Waals surface area contributed by atoms with Gasteiger partial charge in [-0.3, -0.25) is 0 Å². The van der Waals surface area contributed by atoms with E-state index in [1.54, 1.807) is 11.0 Å². The highest BCUT2D eigenvalue weighted by Crippen LogP contribution is 2.48. The summed E-state index contributed by atoms with van der Waals surface area (Å²) in [7, 11) is 0. The zero-order valence-electron chi connectivity index (χ0n) is 22.2. The van der Waals surface area contributed by atoms with Crippen molar-refractivity contribution in [3.8, 4) is 17.6 Å². The molecule has 3 aromatic rings. The SMILES string of the molecule is CC(C)(C)OC(=O)N1C[C@@H]2C[C@H]1CN2c1cc(-c2noc([C@@]3(C)CCCc4sc(N)c(C#N)c43)n2)nc(Cl)n1. The number of nitriles is 1. The number of rotatable bonds is 3. The van der Waals surface area contributed by atoms with Gasteiger partial charge in [0.25, 0.3) is 0 Å². The van der Waals surface area contributed by atoms with Crippen LogP contribution < -0.4 is 10.6 Å². The summed E-state index contributed by atoms with van der Waals surface area (Å²) < 4.78 is 11.4. The van der Waals surface area contributed by atoms with Gasteiger partial charge in [0.1, 0.15) is 28.2 Å². The van der Waals surface area contributed by atoms with Gasteiger partial charge in [-0.2, -0.15) is 10.2 Å². The van der Waals surface area contributed by atoms with Crippen LogP contribution >= 0.6 is 22.9 Å². The van der Waals surface area contributed by atoms with Gasteiger partial charge in [0, 0.05) is 29.6 Å². The standard InChI is InChI=1S/C26H29ClN8O3S/c1-25(2,3)37-24(36)35-12-13-8-14(35)11-34(13)18-9-16(30-23(27)31-18)21-32-22(38-33-21)26(4)7-5-6-17-19(26)15(10-28)20(29)39-17/h9,13-14H,5-8,11-12,29H2,1-4H3/t13-,14-,26-/m0/s1. The molecule has 2 fully saturated rings. The van der Waals surface area contributed by atoms with Gasteiger partial charge in [-0.15, -0.1) is 11.3 Å². The minimum atomic E-state index is -0.628. The Morgan fingerprint density at radius 3 is 2.79 bits per heavy atom. The Kier molecular flexibility index (Phi) is 6.00. The van der Waals surface area contributed by atoms with Gasteiger partial charge in [-0.25, -0.2) is 14.8 Å². The van der Waals surface area contributed by atoms with Crippen molar-refractivity contribution >= 4 is 39.8 Å². The van der Waals surface area contributed by atoms with Crippen molar-refractivity contribution in [3.63, 3.8) is 0 Å². The largest absolute Gasteiger partial charge is 0.444 e. The molecule has 0 saturated carbocycles. The van der Waals surface area contributed by atoms with Gasteiger partial charge < -0.3 is 24.8 Å². The number of piperazine rings is 1. The Labute approximate surface area is 234 Å². The lowest BCUT2D eigenvalue weighted by atomic mass is 9.72. The maximum Gasteiger partial charge on any atom is 0.410 e. The highest BCUT2D eigenvalue weighted by molar-refractivity contribution is 7.16. The van der Waals surface area contributed by atoms with E-state index in [1.807, 2.05) is 27.7 Å². The molecule has 0 unspecified atom stereocenters. The Morgan fingerprint density at radius 2 is 2.10 bits per heavy atom. The first kappa shape index (κ1) is 25.8. The number of thiophene rings is 1. The minimum absolute atomic E-state index is 0.0339. The number of carbonyl (C=O) groups excluding carboxylic acids is 1. The molecule has 39 heavy (non-hydrogen) atoms. The number of carbonyl (C=O) groups is 1. The van der Waals surface area contributed by atoms with Crippen molar-refractivity contribution in [1.82, 2.24) is 25.0 Å². The Bertz CT molecular complexity index is 1510. The summed E-state index contributed by atoms with van der Waals surface area (Å²) in [6, 6.07) is 4.20. The van der Waals surface area contributed by atoms with Gasteiger partial charge in [0.15, 0.2) is 0 Å². The molecule has 0 aromatic carbocycles. The van der Waals surface area contributed by atoms with E-state index >= 15 is 0 Å². The van der Waals surface area contributed by atoms with E-state index in [1.165, 1.54) is 11.3 Å². The van der Waals surface area contributed by atoms with Gasteiger partial charge in [-0.1, -0.05) is 5.16 Å². The third-order valence-electron chi connectivity index (χ3n) is 7.73. The Balaban J connectivity index is 1.26. The molecule has 11 nitrogen and oxygen atoms in total. The molecular formula is C26H29ClN8O3S. The first-order chi connectivity index (χ1) is 18.5. The summed E-state index contributed by atoms with van der Waals surface area (Å²) in [4.78, 5) is 31.3. The van der Waals surface area contributed by atoms with Crippen LogP contribution in [-0.4, -0.2) is 61.9 Å². The average Bonchev–Trinajstić information content (AvgIpc) is 3.65. The van der Waals surface area contributed by atoms with Crippen molar-refractivity contribution in [2.75, 3.05) is 23.7 Å². The number of hydrogen-bond acceptors (Lipinski definition) is 11. The number of nitrogens with two attached hydrogens (primary N) is 1. The molecule has 0 radical (unpaired) electrons. The van der Waals surface area contributed by atoms with Gasteiger partial charge in [0.05, 0.1) is 23.1 Å². The van der Waals surface area contributed by atoms with E-state index in [4.69, 9.17) is 31.6 Å². The van der Waals surface area contributed by atoms with E-state index in [0.29, 0.717) is 46.9 Å². The topological polar surface area (TPSA) is 147 Å². The van der Waals surface area contributed by atoms with Crippen LogP contribution in [0.5, 0.6) is 0 Å². The summed E-state index contributed by atoms with van der Waals surface area (Å²) in [6.45, 7) is 8.78. The number of fused-ring (bicyclic) bond motifs is 3. The van der Waals surface area contributed by atoms with E-state index in [-0.39, 0.29) is 23.5 Å². The monoisotopic (exact) mass is 568 g/mol. The van der Waals surface area contributed by atoms with Crippen LogP contribution in [0, 0.1) is 11.3 Å². The number of likely N-dealkylation sites (tertiary alicyclic amines) is 1. The van der Waals surface area contributed by atoms with Crippen LogP contribution in [-0.2, 0) is 16.6 Å². The maximum absolute atomic E-state index is 12.7. The van der Waals surface area contributed by atoms with E-state index in [0.717, 1.165) is 36.1 Å². The van der Waals surface area contributed by atoms with Gasteiger partial charge >= 0.3 is 6.09 Å². The highest BCUT2D eigenvalue weighted by Gasteiger charge is 2.47. The third-order valence-corrected chi connectivity index (χ3v) is 8.98. The van der Waals surface area contributed by atoms with Crippen LogP contribution in [0.25, 0.3) is 11.5 Å². The first-order valence-corrected chi connectivity index (χ1v) is 14.1. The van der Waals surface area contributed by atoms with E-state index in [9.17, 15) is 10.1 Å². The summed E-state index contributed by atoms with van der Waals surface area (Å²) >= 11 is 7.82. The number of aromatic nitrogens is 4. The zero-order chi connectivity index (χ0) is 27.7. The highest BCUT2D eigenvalue weighted by atomic mass is 35.5. The summed E-state index contributed by atoms with van der Waals surface area (Å²) in [5, 5.41) is 14.6. The number of halogens is 1. The first-order valence-electron chi connectivity index (χ1n) is 12.9. The minimum Gasteiger partial charge on any atom is -0.444 e. The fourth-order valence-electron chi connectivity index (χ4n) is 6.02. The second kappa shape index (κ2) is 9.06. The molecule has 5 heterocycles. The van der Waals surface area contributed by atoms with Gasteiger partial charge in [-0.05, 0) is 65.0 Å². The summed E-state index contributed by atoms with van der Waals surface area (Å²) in [5.41, 5.74) is 6.81. The number of aryl methyl sites for hydroxylation is 1. The molecule has 1 amide bonds. The smallest absolute Gasteiger partial charge is 0.410 e. The van der Waals surface area contributed by atoms with Crippen molar-refractivity contribution in [2.45, 2.75) is 76.5 Å². The van der Waals surface area contributed by atoms with Crippen LogP contribution in [0.4, 0.5) is 15.6 Å². The van der Waals surface area contributed by atoms with E-state index in [2.05, 4.69) is 26.1 Å². The summed E-state index contributed by atoms with van der Waals surface area (Å²) in [5.74, 6) is 1.36. The molecular weight excluding hydrogens is 540 g/mol. The number of nitrogens with zero attached hydrogens (tertiary/aromatic N) is 7. The van der Waals surface area contributed by atoms with Crippen LogP contribution in [0.15, 0.2) is 10.6 Å². The molecule has 6 rings (SSSR count). The average molecular weight is 569 g/mol. The number of nitrogen functional groups attached to an aromatic ring is 1. The Morgan fingerprint density at radius 1 is 1.31 bits per heavy atom. The molecule has 2 bridgehead atoms. The van der Waals surface area contributed by atoms with Crippen LogP contribution in [0.1, 0.15) is 68.9 Å². The molecule has 2 aliphatic heterocycles. The molecule has 3 aliphatic rings. The van der Waals surface area contributed by atoms with Crippen LogP contribution in [0.2, 0.25) is 5.28 Å². The number of anilines is 2. The van der Waals surface area contributed by atoms with Crippen LogP contribution in [0.3, 0.4) is 0 Å². The van der Waals surface area contributed by atoms with Crippen molar-refractivity contribution in [3.05, 3.63) is 33.2 Å². The molecule has 1 aliphatic carbocycles. The molecule has 13 heteroatoms. The molecule has 2 saturated heterocycles. The third kappa shape index (κ3) is 4.37. The second-order valence-corrected chi connectivity index (χ2v) is 13.0. The lowest BCUT2D eigenvalue weighted by Crippen LogP contribution is -2.50. The zero-order valence-corrected chi connectivity index (χ0v) is 23.8. The molecule has 3 atom stereocenters. The number of ether oxygens (including phenoxy) is 1. The van der Waals surface area contributed by atoms with Gasteiger partial charge in [0.2, 0.25) is 17.0 Å². The quantitative estimate of drug-likeness (QED) is 0.446. The lowest BCUT2D eigenvalue weighted by molar-refractivity contribution is 0.0214. The normalized spacial score (nSPS) is 24.1. The number of hydrogen-bond donors (Lipinski definition) is 1. The van der Waals surface area contributed by atoms with Crippen molar-refractivity contribution < 1.29 is 14.1 Å².